The highest BCUT2D eigenvalue weighted by Crippen LogP contribution is 2.32. The fourth-order valence-corrected chi connectivity index (χ4v) is 3.93. The number of rotatable bonds is 8. The van der Waals surface area contributed by atoms with E-state index in [0.717, 1.165) is 32.1 Å². The Kier molecular flexibility index (Phi) is 9.32. The quantitative estimate of drug-likeness (QED) is 0.514. The molecule has 0 bridgehead atoms. The van der Waals surface area contributed by atoms with E-state index in [1.54, 1.807) is 45.9 Å². The van der Waals surface area contributed by atoms with Crippen LogP contribution in [0.4, 0.5) is 4.79 Å². The van der Waals surface area contributed by atoms with E-state index < -0.39 is 23.6 Å². The molecule has 1 unspecified atom stereocenters. The summed E-state index contributed by atoms with van der Waals surface area (Å²) in [6.07, 6.45) is 5.78. The van der Waals surface area contributed by atoms with Gasteiger partial charge < -0.3 is 25.4 Å². The Morgan fingerprint density at radius 2 is 1.91 bits per heavy atom. The molecule has 1 aliphatic carbocycles. The molecule has 1 fully saturated rings. The van der Waals surface area contributed by atoms with Crippen molar-refractivity contribution >= 4 is 17.9 Å². The SMILES string of the molecule is C=CCN(C(=O)CNC(=O)OC(C)(C)C)C(C(=O)NC1CCCCC1)c1cccc(C)c1O. The summed E-state index contributed by atoms with van der Waals surface area (Å²) in [5.74, 6) is -0.899. The third kappa shape index (κ3) is 7.80. The molecule has 8 nitrogen and oxygen atoms in total. The van der Waals surface area contributed by atoms with Crippen LogP contribution in [0.2, 0.25) is 0 Å². The van der Waals surface area contributed by atoms with E-state index in [9.17, 15) is 19.5 Å². The summed E-state index contributed by atoms with van der Waals surface area (Å²) in [4.78, 5) is 40.0. The van der Waals surface area contributed by atoms with E-state index in [2.05, 4.69) is 17.2 Å². The van der Waals surface area contributed by atoms with E-state index in [4.69, 9.17) is 4.74 Å². The summed E-state index contributed by atoms with van der Waals surface area (Å²) in [7, 11) is 0. The highest BCUT2D eigenvalue weighted by Gasteiger charge is 2.34. The van der Waals surface area contributed by atoms with Gasteiger partial charge in [-0.3, -0.25) is 9.59 Å². The monoisotopic (exact) mass is 459 g/mol. The molecule has 3 amide bonds. The Morgan fingerprint density at radius 3 is 2.52 bits per heavy atom. The van der Waals surface area contributed by atoms with Crippen molar-refractivity contribution in [1.82, 2.24) is 15.5 Å². The molecular weight excluding hydrogens is 422 g/mol. The van der Waals surface area contributed by atoms with Gasteiger partial charge >= 0.3 is 6.09 Å². The van der Waals surface area contributed by atoms with Crippen molar-refractivity contribution in [2.75, 3.05) is 13.1 Å². The Balaban J connectivity index is 2.30. The number of nitrogens with one attached hydrogen (secondary N) is 2. The average Bonchev–Trinajstić information content (AvgIpc) is 2.74. The first-order chi connectivity index (χ1) is 15.5. The van der Waals surface area contributed by atoms with E-state index in [1.807, 2.05) is 0 Å². The number of para-hydroxylation sites is 1. The molecule has 1 aromatic rings. The number of amides is 3. The molecule has 1 saturated carbocycles. The lowest BCUT2D eigenvalue weighted by molar-refractivity contribution is -0.140. The van der Waals surface area contributed by atoms with Crippen molar-refractivity contribution in [2.24, 2.45) is 0 Å². The van der Waals surface area contributed by atoms with Crippen LogP contribution in [0.3, 0.4) is 0 Å². The molecule has 1 aromatic carbocycles. The van der Waals surface area contributed by atoms with Gasteiger partial charge in [-0.25, -0.2) is 4.79 Å². The van der Waals surface area contributed by atoms with E-state index in [0.29, 0.717) is 11.1 Å². The van der Waals surface area contributed by atoms with Crippen molar-refractivity contribution < 1.29 is 24.2 Å². The molecule has 0 aromatic heterocycles. The van der Waals surface area contributed by atoms with Gasteiger partial charge in [0.2, 0.25) is 11.8 Å². The maximum atomic E-state index is 13.5. The minimum atomic E-state index is -1.07. The van der Waals surface area contributed by atoms with Gasteiger partial charge in [0, 0.05) is 18.2 Å². The third-order valence-corrected chi connectivity index (χ3v) is 5.50. The first kappa shape index (κ1) is 26.2. The van der Waals surface area contributed by atoms with Crippen molar-refractivity contribution in [3.05, 3.63) is 42.0 Å². The Morgan fingerprint density at radius 1 is 1.24 bits per heavy atom. The summed E-state index contributed by atoms with van der Waals surface area (Å²) in [6.45, 7) is 10.3. The fourth-order valence-electron chi connectivity index (χ4n) is 3.93. The molecule has 8 heteroatoms. The van der Waals surface area contributed by atoms with E-state index in [-0.39, 0.29) is 30.8 Å². The molecule has 1 aliphatic rings. The van der Waals surface area contributed by atoms with Gasteiger partial charge in [-0.05, 0) is 46.1 Å². The smallest absolute Gasteiger partial charge is 0.408 e. The Hall–Kier alpha value is -3.03. The van der Waals surface area contributed by atoms with Gasteiger partial charge in [0.15, 0.2) is 0 Å². The predicted molar refractivity (Wildman–Crippen MR) is 127 cm³/mol. The number of carbonyl (C=O) groups is 3. The number of aryl methyl sites for hydroxylation is 1. The molecule has 3 N–H and O–H groups in total. The van der Waals surface area contributed by atoms with Crippen LogP contribution in [0.5, 0.6) is 5.75 Å². The number of phenolic OH excluding ortho intramolecular Hbond substituents is 1. The van der Waals surface area contributed by atoms with Crippen LogP contribution in [0, 0.1) is 6.92 Å². The van der Waals surface area contributed by atoms with Crippen LogP contribution in [-0.4, -0.2) is 52.6 Å². The molecular formula is C25H37N3O5. The number of phenols is 1. The normalized spacial score (nSPS) is 15.3. The van der Waals surface area contributed by atoms with Crippen LogP contribution in [0.25, 0.3) is 0 Å². The average molecular weight is 460 g/mol. The molecule has 0 spiro atoms. The van der Waals surface area contributed by atoms with Gasteiger partial charge in [-0.2, -0.15) is 0 Å². The van der Waals surface area contributed by atoms with Gasteiger partial charge in [0.1, 0.15) is 23.9 Å². The van der Waals surface area contributed by atoms with Crippen LogP contribution in [0.15, 0.2) is 30.9 Å². The second-order valence-corrected chi connectivity index (χ2v) is 9.45. The maximum absolute atomic E-state index is 13.5. The molecule has 0 aliphatic heterocycles. The lowest BCUT2D eigenvalue weighted by Gasteiger charge is -2.33. The maximum Gasteiger partial charge on any atom is 0.408 e. The lowest BCUT2D eigenvalue weighted by atomic mass is 9.94. The summed E-state index contributed by atoms with van der Waals surface area (Å²) in [5.41, 5.74) is 0.223. The standard InChI is InChI=1S/C25H37N3O5/c1-6-15-28(20(29)16-26-24(32)33-25(3,4)5)21(19-14-10-11-17(2)22(19)30)23(31)27-18-12-8-7-9-13-18/h6,10-11,14,18,21,30H,1,7-9,12-13,15-16H2,2-5H3,(H,26,32)(H,27,31). The van der Waals surface area contributed by atoms with Gasteiger partial charge in [-0.15, -0.1) is 6.58 Å². The number of aromatic hydroxyl groups is 1. The topological polar surface area (TPSA) is 108 Å². The Labute approximate surface area is 196 Å². The van der Waals surface area contributed by atoms with Crippen molar-refractivity contribution in [3.63, 3.8) is 0 Å². The molecule has 0 radical (unpaired) electrons. The van der Waals surface area contributed by atoms with Crippen molar-refractivity contribution in [2.45, 2.75) is 77.5 Å². The highest BCUT2D eigenvalue weighted by atomic mass is 16.6. The zero-order valence-corrected chi connectivity index (χ0v) is 20.1. The van der Waals surface area contributed by atoms with Crippen LogP contribution < -0.4 is 10.6 Å². The van der Waals surface area contributed by atoms with Crippen molar-refractivity contribution in [1.29, 1.82) is 0 Å². The van der Waals surface area contributed by atoms with Crippen molar-refractivity contribution in [3.8, 4) is 5.75 Å². The molecule has 1 atom stereocenters. The fraction of sp³-hybridized carbons (Fsp3) is 0.560. The zero-order chi connectivity index (χ0) is 24.6. The first-order valence-corrected chi connectivity index (χ1v) is 11.5. The number of alkyl carbamates (subject to hydrolysis) is 1. The number of nitrogens with zero attached hydrogens (tertiary/aromatic N) is 1. The minimum absolute atomic E-state index is 0.0290. The summed E-state index contributed by atoms with van der Waals surface area (Å²) in [5, 5.41) is 16.2. The molecule has 0 heterocycles. The second kappa shape index (κ2) is 11.7. The Bertz CT molecular complexity index is 856. The summed E-state index contributed by atoms with van der Waals surface area (Å²) in [6, 6.07) is 4.07. The summed E-state index contributed by atoms with van der Waals surface area (Å²) >= 11 is 0. The minimum Gasteiger partial charge on any atom is -0.507 e. The number of ether oxygens (including phenoxy) is 1. The molecule has 33 heavy (non-hydrogen) atoms. The van der Waals surface area contributed by atoms with E-state index in [1.165, 1.54) is 11.0 Å². The molecule has 0 saturated heterocycles. The van der Waals surface area contributed by atoms with Gasteiger partial charge in [-0.1, -0.05) is 43.5 Å². The van der Waals surface area contributed by atoms with Crippen LogP contribution in [-0.2, 0) is 14.3 Å². The molecule has 182 valence electrons. The summed E-state index contributed by atoms with van der Waals surface area (Å²) < 4.78 is 5.20. The van der Waals surface area contributed by atoms with Crippen LogP contribution in [0.1, 0.15) is 70.0 Å². The van der Waals surface area contributed by atoms with Crippen LogP contribution >= 0.6 is 0 Å². The van der Waals surface area contributed by atoms with Gasteiger partial charge in [0.25, 0.3) is 0 Å². The third-order valence-electron chi connectivity index (χ3n) is 5.50. The lowest BCUT2D eigenvalue weighted by Crippen LogP contribution is -2.49. The largest absolute Gasteiger partial charge is 0.507 e. The number of hydrogen-bond donors (Lipinski definition) is 3. The number of hydrogen-bond acceptors (Lipinski definition) is 5. The van der Waals surface area contributed by atoms with Gasteiger partial charge in [0.05, 0.1) is 0 Å². The highest BCUT2D eigenvalue weighted by molar-refractivity contribution is 5.91. The van der Waals surface area contributed by atoms with E-state index >= 15 is 0 Å². The number of benzene rings is 1. The first-order valence-electron chi connectivity index (χ1n) is 11.5. The predicted octanol–water partition coefficient (Wildman–Crippen LogP) is 3.73. The molecule has 2 rings (SSSR count). The number of carbonyl (C=O) groups excluding carboxylic acids is 3. The second-order valence-electron chi connectivity index (χ2n) is 9.45. The zero-order valence-electron chi connectivity index (χ0n) is 20.1.